The second-order valence-corrected chi connectivity index (χ2v) is 5.13. The molecule has 20 heavy (non-hydrogen) atoms. The van der Waals surface area contributed by atoms with Crippen molar-refractivity contribution in [1.82, 2.24) is 10.2 Å². The lowest BCUT2D eigenvalue weighted by atomic mass is 9.99. The Bertz CT molecular complexity index is 458. The molecule has 0 aliphatic carbocycles. The van der Waals surface area contributed by atoms with Gasteiger partial charge in [-0.05, 0) is 26.8 Å². The van der Waals surface area contributed by atoms with Crippen molar-refractivity contribution in [2.45, 2.75) is 39.3 Å². The Morgan fingerprint density at radius 3 is 2.80 bits per heavy atom. The molecule has 1 heterocycles. The number of benzene rings is 1. The zero-order valence-corrected chi connectivity index (χ0v) is 12.6. The number of hydrogen-bond acceptors (Lipinski definition) is 3. The van der Waals surface area contributed by atoms with Crippen LogP contribution in [0.4, 0.5) is 0 Å². The summed E-state index contributed by atoms with van der Waals surface area (Å²) in [4.78, 5) is 14.2. The van der Waals surface area contributed by atoms with Crippen LogP contribution in [0.25, 0.3) is 0 Å². The molecule has 1 aliphatic rings. The molecule has 110 valence electrons. The summed E-state index contributed by atoms with van der Waals surface area (Å²) in [5.74, 6) is 1.10. The highest BCUT2D eigenvalue weighted by molar-refractivity contribution is 5.81. The molecule has 1 aromatic rings. The molecule has 0 radical (unpaired) electrons. The van der Waals surface area contributed by atoms with Crippen molar-refractivity contribution in [3.63, 3.8) is 0 Å². The van der Waals surface area contributed by atoms with Crippen LogP contribution in [0.15, 0.2) is 24.3 Å². The summed E-state index contributed by atoms with van der Waals surface area (Å²) in [5, 5.41) is 3.45. The molecule has 1 N–H and O–H groups in total. The highest BCUT2D eigenvalue weighted by atomic mass is 16.5. The van der Waals surface area contributed by atoms with E-state index in [9.17, 15) is 4.79 Å². The highest BCUT2D eigenvalue weighted by Gasteiger charge is 2.26. The minimum Gasteiger partial charge on any atom is -0.493 e. The molecule has 0 saturated carbocycles. The normalized spacial score (nSPS) is 18.9. The van der Waals surface area contributed by atoms with E-state index in [1.807, 2.05) is 43.9 Å². The number of ether oxygens (including phenoxy) is 1. The Labute approximate surface area is 121 Å². The van der Waals surface area contributed by atoms with Crippen LogP contribution in [-0.4, -0.2) is 36.5 Å². The smallest absolute Gasteiger partial charge is 0.239 e. The molecular weight excluding hydrogens is 252 g/mol. The molecule has 0 fully saturated rings. The minimum absolute atomic E-state index is 0.166. The summed E-state index contributed by atoms with van der Waals surface area (Å²) in [6.45, 7) is 8.17. The van der Waals surface area contributed by atoms with Crippen LogP contribution in [0.1, 0.15) is 38.8 Å². The van der Waals surface area contributed by atoms with Gasteiger partial charge in [0.1, 0.15) is 5.75 Å². The molecule has 4 nitrogen and oxygen atoms in total. The van der Waals surface area contributed by atoms with Gasteiger partial charge in [-0.3, -0.25) is 10.1 Å². The van der Waals surface area contributed by atoms with Gasteiger partial charge in [0, 0.05) is 31.1 Å². The first-order valence-corrected chi connectivity index (χ1v) is 7.43. The zero-order chi connectivity index (χ0) is 14.5. The Kier molecular flexibility index (Phi) is 5.01. The topological polar surface area (TPSA) is 41.6 Å². The number of rotatable bonds is 5. The lowest BCUT2D eigenvalue weighted by Crippen LogP contribution is -2.46. The number of likely N-dealkylation sites (N-methyl/N-ethyl adjacent to an activating group) is 1. The van der Waals surface area contributed by atoms with Crippen molar-refractivity contribution in [3.05, 3.63) is 29.8 Å². The van der Waals surface area contributed by atoms with E-state index >= 15 is 0 Å². The molecule has 0 bridgehead atoms. The van der Waals surface area contributed by atoms with Crippen molar-refractivity contribution in [3.8, 4) is 5.75 Å². The number of fused-ring (bicyclic) bond motifs is 1. The van der Waals surface area contributed by atoms with Gasteiger partial charge in [0.2, 0.25) is 5.91 Å². The monoisotopic (exact) mass is 276 g/mol. The highest BCUT2D eigenvalue weighted by Crippen LogP contribution is 2.31. The first kappa shape index (κ1) is 14.9. The van der Waals surface area contributed by atoms with Crippen molar-refractivity contribution in [2.24, 2.45) is 0 Å². The lowest BCUT2D eigenvalue weighted by Gasteiger charge is -2.31. The first-order valence-electron chi connectivity index (χ1n) is 7.43. The van der Waals surface area contributed by atoms with E-state index in [1.54, 1.807) is 0 Å². The van der Waals surface area contributed by atoms with Crippen molar-refractivity contribution in [1.29, 1.82) is 0 Å². The molecule has 1 aromatic carbocycles. The summed E-state index contributed by atoms with van der Waals surface area (Å²) in [7, 11) is 0. The van der Waals surface area contributed by atoms with Crippen molar-refractivity contribution in [2.75, 3.05) is 19.7 Å². The van der Waals surface area contributed by atoms with Gasteiger partial charge in [-0.1, -0.05) is 18.2 Å². The van der Waals surface area contributed by atoms with Crippen LogP contribution in [0.5, 0.6) is 5.75 Å². The van der Waals surface area contributed by atoms with Gasteiger partial charge in [0.05, 0.1) is 12.6 Å². The van der Waals surface area contributed by atoms with Gasteiger partial charge in [0.25, 0.3) is 0 Å². The molecular formula is C16H24N2O2. The first-order chi connectivity index (χ1) is 9.67. The van der Waals surface area contributed by atoms with Crippen LogP contribution in [0.3, 0.4) is 0 Å². The minimum atomic E-state index is -0.175. The van der Waals surface area contributed by atoms with Crippen LogP contribution < -0.4 is 10.1 Å². The van der Waals surface area contributed by atoms with E-state index in [-0.39, 0.29) is 18.0 Å². The van der Waals surface area contributed by atoms with E-state index in [1.165, 1.54) is 0 Å². The third kappa shape index (κ3) is 3.12. The fourth-order valence-electron chi connectivity index (χ4n) is 2.70. The van der Waals surface area contributed by atoms with Crippen molar-refractivity contribution < 1.29 is 9.53 Å². The van der Waals surface area contributed by atoms with Gasteiger partial charge in [-0.25, -0.2) is 0 Å². The molecule has 0 saturated heterocycles. The summed E-state index contributed by atoms with van der Waals surface area (Å²) in [6, 6.07) is 8.06. The molecule has 1 aliphatic heterocycles. The number of nitrogens with one attached hydrogen (secondary N) is 1. The van der Waals surface area contributed by atoms with Crippen LogP contribution >= 0.6 is 0 Å². The van der Waals surface area contributed by atoms with Crippen molar-refractivity contribution >= 4 is 5.91 Å². The number of carbonyl (C=O) groups excluding carboxylic acids is 1. The number of carbonyl (C=O) groups is 1. The van der Waals surface area contributed by atoms with Gasteiger partial charge in [-0.2, -0.15) is 0 Å². The predicted molar refractivity (Wildman–Crippen MR) is 79.8 cm³/mol. The second-order valence-electron chi connectivity index (χ2n) is 5.13. The van der Waals surface area contributed by atoms with E-state index in [0.29, 0.717) is 6.61 Å². The molecule has 4 heteroatoms. The number of hydrogen-bond donors (Lipinski definition) is 1. The molecule has 2 atom stereocenters. The summed E-state index contributed by atoms with van der Waals surface area (Å²) < 4.78 is 5.65. The maximum Gasteiger partial charge on any atom is 0.239 e. The summed E-state index contributed by atoms with van der Waals surface area (Å²) >= 11 is 0. The van der Waals surface area contributed by atoms with Crippen LogP contribution in [0.2, 0.25) is 0 Å². The van der Waals surface area contributed by atoms with Gasteiger partial charge in [0.15, 0.2) is 0 Å². The van der Waals surface area contributed by atoms with Crippen LogP contribution in [-0.2, 0) is 4.79 Å². The largest absolute Gasteiger partial charge is 0.493 e. The van der Waals surface area contributed by atoms with E-state index < -0.39 is 0 Å². The van der Waals surface area contributed by atoms with Crippen LogP contribution in [0, 0.1) is 0 Å². The number of amides is 1. The molecule has 0 aromatic heterocycles. The van der Waals surface area contributed by atoms with E-state index in [0.717, 1.165) is 30.8 Å². The quantitative estimate of drug-likeness (QED) is 0.897. The Balaban J connectivity index is 2.06. The average molecular weight is 276 g/mol. The average Bonchev–Trinajstić information content (AvgIpc) is 2.48. The Hall–Kier alpha value is -1.55. The SMILES string of the molecule is CCN(CC)C(=O)C(C)NC1CCOc2ccccc21. The second kappa shape index (κ2) is 6.75. The van der Waals surface area contributed by atoms with E-state index in [4.69, 9.17) is 4.74 Å². The van der Waals surface area contributed by atoms with Gasteiger partial charge < -0.3 is 9.64 Å². The summed E-state index contributed by atoms with van der Waals surface area (Å²) in [6.07, 6.45) is 0.896. The predicted octanol–water partition coefficient (Wildman–Crippen LogP) is 2.36. The number of para-hydroxylation sites is 1. The molecule has 2 unspecified atom stereocenters. The maximum absolute atomic E-state index is 12.3. The molecule has 2 rings (SSSR count). The van der Waals surface area contributed by atoms with Gasteiger partial charge in [-0.15, -0.1) is 0 Å². The van der Waals surface area contributed by atoms with Gasteiger partial charge >= 0.3 is 0 Å². The Morgan fingerprint density at radius 2 is 2.10 bits per heavy atom. The summed E-state index contributed by atoms with van der Waals surface area (Å²) in [5.41, 5.74) is 1.15. The third-order valence-corrected chi connectivity index (χ3v) is 3.86. The van der Waals surface area contributed by atoms with E-state index in [2.05, 4.69) is 11.4 Å². The zero-order valence-electron chi connectivity index (χ0n) is 12.6. The Morgan fingerprint density at radius 1 is 1.40 bits per heavy atom. The molecule has 0 spiro atoms. The fraction of sp³-hybridized carbons (Fsp3) is 0.562. The lowest BCUT2D eigenvalue weighted by molar-refractivity contribution is -0.132. The molecule has 1 amide bonds. The fourth-order valence-corrected chi connectivity index (χ4v) is 2.70. The standard InChI is InChI=1S/C16H24N2O2/c1-4-18(5-2)16(19)12(3)17-14-10-11-20-15-9-7-6-8-13(14)15/h6-9,12,14,17H,4-5,10-11H2,1-3H3. The third-order valence-electron chi connectivity index (χ3n) is 3.86. The maximum atomic E-state index is 12.3. The number of nitrogens with zero attached hydrogens (tertiary/aromatic N) is 1.